The lowest BCUT2D eigenvalue weighted by molar-refractivity contribution is -0.178. The summed E-state index contributed by atoms with van der Waals surface area (Å²) in [5.41, 5.74) is 6.13. The molecule has 7 nitrogen and oxygen atoms in total. The molecule has 1 fully saturated rings. The highest BCUT2D eigenvalue weighted by atomic mass is 16.6. The van der Waals surface area contributed by atoms with Crippen molar-refractivity contribution in [3.63, 3.8) is 0 Å². The van der Waals surface area contributed by atoms with Crippen molar-refractivity contribution in [1.82, 2.24) is 9.55 Å². The van der Waals surface area contributed by atoms with E-state index in [1.54, 1.807) is 12.3 Å². The van der Waals surface area contributed by atoms with Crippen molar-refractivity contribution in [2.24, 2.45) is 0 Å². The molecule has 1 aliphatic rings. The van der Waals surface area contributed by atoms with Gasteiger partial charge in [-0.05, 0) is 11.6 Å². The Morgan fingerprint density at radius 2 is 2.04 bits per heavy atom. The molecule has 3 rings (SSSR count). The third-order valence-electron chi connectivity index (χ3n) is 3.53. The fourth-order valence-corrected chi connectivity index (χ4v) is 2.32. The van der Waals surface area contributed by atoms with Gasteiger partial charge in [0.25, 0.3) is 0 Å². The summed E-state index contributed by atoms with van der Waals surface area (Å²) in [5, 5.41) is 0. The highest BCUT2D eigenvalue weighted by Gasteiger charge is 2.24. The Labute approximate surface area is 133 Å². The molecule has 1 aliphatic heterocycles. The first-order chi connectivity index (χ1) is 11.2. The first-order valence-electron chi connectivity index (χ1n) is 7.42. The van der Waals surface area contributed by atoms with Gasteiger partial charge in [0, 0.05) is 6.20 Å². The van der Waals surface area contributed by atoms with E-state index in [4.69, 9.17) is 19.9 Å². The van der Waals surface area contributed by atoms with Crippen LogP contribution in [0.4, 0.5) is 5.82 Å². The Bertz CT molecular complexity index is 681. The molecule has 2 atom stereocenters. The van der Waals surface area contributed by atoms with Crippen molar-refractivity contribution in [2.45, 2.75) is 18.9 Å². The molecule has 0 radical (unpaired) electrons. The molecule has 122 valence electrons. The third kappa shape index (κ3) is 4.16. The monoisotopic (exact) mass is 317 g/mol. The second kappa shape index (κ2) is 7.36. The maximum atomic E-state index is 11.8. The molecule has 23 heavy (non-hydrogen) atoms. The first-order valence-corrected chi connectivity index (χ1v) is 7.42. The molecular formula is C16H19N3O4. The van der Waals surface area contributed by atoms with Gasteiger partial charge in [0.05, 0.1) is 26.4 Å². The second-order valence-electron chi connectivity index (χ2n) is 5.29. The zero-order valence-corrected chi connectivity index (χ0v) is 12.6. The molecule has 7 heteroatoms. The van der Waals surface area contributed by atoms with E-state index in [1.807, 2.05) is 30.3 Å². The first kappa shape index (κ1) is 15.7. The summed E-state index contributed by atoms with van der Waals surface area (Å²) in [4.78, 5) is 15.4. The van der Waals surface area contributed by atoms with Gasteiger partial charge in [-0.2, -0.15) is 4.98 Å². The number of aromatic nitrogens is 2. The van der Waals surface area contributed by atoms with E-state index in [2.05, 4.69) is 4.98 Å². The third-order valence-corrected chi connectivity index (χ3v) is 3.53. The molecule has 2 unspecified atom stereocenters. The number of hydrogen-bond acceptors (Lipinski definition) is 6. The Morgan fingerprint density at radius 3 is 2.74 bits per heavy atom. The molecule has 1 aromatic heterocycles. The van der Waals surface area contributed by atoms with Crippen molar-refractivity contribution in [2.75, 3.05) is 25.6 Å². The number of hydrogen-bond donors (Lipinski definition) is 1. The molecule has 0 saturated carbocycles. The number of anilines is 1. The van der Waals surface area contributed by atoms with Gasteiger partial charge in [0.15, 0.2) is 6.23 Å². The lowest BCUT2D eigenvalue weighted by Gasteiger charge is -2.30. The maximum Gasteiger partial charge on any atom is 0.351 e. The number of ether oxygens (including phenoxy) is 3. The molecule has 0 amide bonds. The average molecular weight is 317 g/mol. The number of nitrogens with two attached hydrogens (primary N) is 1. The van der Waals surface area contributed by atoms with E-state index in [0.717, 1.165) is 5.56 Å². The Morgan fingerprint density at radius 1 is 1.22 bits per heavy atom. The average Bonchev–Trinajstić information content (AvgIpc) is 2.57. The van der Waals surface area contributed by atoms with E-state index in [-0.39, 0.29) is 18.5 Å². The standard InChI is InChI=1S/C16H19N3O4/c17-14-6-7-19(16(20)18-14)15-11-22-13(10-23-15)9-21-8-12-4-2-1-3-5-12/h1-7,13,15H,8-11H2,(H2,17,18,20). The van der Waals surface area contributed by atoms with E-state index in [1.165, 1.54) is 4.57 Å². The number of benzene rings is 1. The number of nitrogen functional groups attached to an aromatic ring is 1. The molecule has 2 heterocycles. The van der Waals surface area contributed by atoms with Crippen LogP contribution in [-0.2, 0) is 20.8 Å². The van der Waals surface area contributed by atoms with Crippen LogP contribution in [0.25, 0.3) is 0 Å². The fourth-order valence-electron chi connectivity index (χ4n) is 2.32. The van der Waals surface area contributed by atoms with Crippen molar-refractivity contribution in [3.05, 3.63) is 58.6 Å². The summed E-state index contributed by atoms with van der Waals surface area (Å²) in [7, 11) is 0. The minimum atomic E-state index is -0.485. The van der Waals surface area contributed by atoms with Crippen LogP contribution in [0.2, 0.25) is 0 Å². The van der Waals surface area contributed by atoms with Gasteiger partial charge in [-0.3, -0.25) is 4.57 Å². The predicted molar refractivity (Wildman–Crippen MR) is 83.7 cm³/mol. The van der Waals surface area contributed by atoms with Gasteiger partial charge in [-0.15, -0.1) is 0 Å². The zero-order valence-electron chi connectivity index (χ0n) is 12.6. The summed E-state index contributed by atoms with van der Waals surface area (Å²) in [6.45, 7) is 1.60. The zero-order chi connectivity index (χ0) is 16.1. The molecule has 2 aromatic rings. The maximum absolute atomic E-state index is 11.8. The van der Waals surface area contributed by atoms with Crippen LogP contribution >= 0.6 is 0 Å². The quantitative estimate of drug-likeness (QED) is 0.883. The van der Waals surface area contributed by atoms with E-state index >= 15 is 0 Å². The van der Waals surface area contributed by atoms with E-state index in [0.29, 0.717) is 19.8 Å². The van der Waals surface area contributed by atoms with E-state index in [9.17, 15) is 4.79 Å². The van der Waals surface area contributed by atoms with Gasteiger partial charge in [0.1, 0.15) is 11.9 Å². The Hall–Kier alpha value is -2.22. The lowest BCUT2D eigenvalue weighted by Crippen LogP contribution is -2.40. The van der Waals surface area contributed by atoms with Crippen molar-refractivity contribution < 1.29 is 14.2 Å². The molecule has 0 bridgehead atoms. The van der Waals surface area contributed by atoms with Gasteiger partial charge in [0.2, 0.25) is 0 Å². The Kier molecular flexibility index (Phi) is 5.02. The van der Waals surface area contributed by atoms with Gasteiger partial charge in [-0.1, -0.05) is 30.3 Å². The molecule has 0 spiro atoms. The van der Waals surface area contributed by atoms with Gasteiger partial charge < -0.3 is 19.9 Å². The van der Waals surface area contributed by atoms with Crippen molar-refractivity contribution >= 4 is 5.82 Å². The molecule has 0 aliphatic carbocycles. The van der Waals surface area contributed by atoms with Crippen molar-refractivity contribution in [3.8, 4) is 0 Å². The summed E-state index contributed by atoms with van der Waals surface area (Å²) in [5.74, 6) is 0.190. The highest BCUT2D eigenvalue weighted by Crippen LogP contribution is 2.16. The van der Waals surface area contributed by atoms with Crippen LogP contribution in [0.3, 0.4) is 0 Å². The predicted octanol–water partition coefficient (Wildman–Crippen LogP) is 0.956. The minimum absolute atomic E-state index is 0.146. The topological polar surface area (TPSA) is 88.6 Å². The highest BCUT2D eigenvalue weighted by molar-refractivity contribution is 5.23. The van der Waals surface area contributed by atoms with Crippen LogP contribution in [0, 0.1) is 0 Å². The van der Waals surface area contributed by atoms with Crippen LogP contribution in [0.5, 0.6) is 0 Å². The van der Waals surface area contributed by atoms with Crippen LogP contribution in [0.15, 0.2) is 47.4 Å². The largest absolute Gasteiger partial charge is 0.383 e. The fraction of sp³-hybridized carbons (Fsp3) is 0.375. The summed E-state index contributed by atoms with van der Waals surface area (Å²) in [6.07, 6.45) is 0.929. The SMILES string of the molecule is Nc1ccn(C2COC(COCc3ccccc3)CO2)c(=O)n1. The summed E-state index contributed by atoms with van der Waals surface area (Å²) < 4.78 is 18.4. The molecular weight excluding hydrogens is 298 g/mol. The van der Waals surface area contributed by atoms with Crippen molar-refractivity contribution in [1.29, 1.82) is 0 Å². The summed E-state index contributed by atoms with van der Waals surface area (Å²) in [6, 6.07) is 11.5. The van der Waals surface area contributed by atoms with Crippen LogP contribution in [-0.4, -0.2) is 35.5 Å². The minimum Gasteiger partial charge on any atom is -0.383 e. The van der Waals surface area contributed by atoms with Crippen LogP contribution < -0.4 is 11.4 Å². The summed E-state index contributed by atoms with van der Waals surface area (Å²) >= 11 is 0. The van der Waals surface area contributed by atoms with E-state index < -0.39 is 11.9 Å². The van der Waals surface area contributed by atoms with Gasteiger partial charge in [-0.25, -0.2) is 4.79 Å². The molecule has 2 N–H and O–H groups in total. The van der Waals surface area contributed by atoms with Crippen LogP contribution in [0.1, 0.15) is 11.8 Å². The second-order valence-corrected chi connectivity index (χ2v) is 5.29. The Balaban J connectivity index is 1.46. The normalized spacial score (nSPS) is 21.2. The number of rotatable bonds is 5. The molecule has 1 aromatic carbocycles. The lowest BCUT2D eigenvalue weighted by atomic mass is 10.2. The molecule has 1 saturated heterocycles. The number of nitrogens with zero attached hydrogens (tertiary/aromatic N) is 2. The smallest absolute Gasteiger partial charge is 0.351 e. The van der Waals surface area contributed by atoms with Gasteiger partial charge >= 0.3 is 5.69 Å².